The van der Waals surface area contributed by atoms with Crippen LogP contribution in [0.2, 0.25) is 5.02 Å². The molecule has 1 aromatic carbocycles. The number of benzene rings is 1. The summed E-state index contributed by atoms with van der Waals surface area (Å²) >= 11 is 5.97. The van der Waals surface area contributed by atoms with Crippen molar-refractivity contribution in [2.45, 2.75) is 38.7 Å². The van der Waals surface area contributed by atoms with Crippen LogP contribution in [0.3, 0.4) is 0 Å². The van der Waals surface area contributed by atoms with Crippen LogP contribution in [0.15, 0.2) is 18.2 Å². The minimum Gasteiger partial charge on any atom is -0.490 e. The first-order chi connectivity index (χ1) is 8.70. The number of ether oxygens (including phenoxy) is 1. The number of rotatable bonds is 4. The molecule has 0 spiro atoms. The van der Waals surface area contributed by atoms with E-state index in [1.807, 2.05) is 25.2 Å². The molecule has 1 aliphatic carbocycles. The van der Waals surface area contributed by atoms with Crippen LogP contribution >= 0.6 is 11.6 Å². The lowest BCUT2D eigenvalue weighted by atomic mass is 9.86. The van der Waals surface area contributed by atoms with E-state index in [-0.39, 0.29) is 0 Å². The van der Waals surface area contributed by atoms with Gasteiger partial charge < -0.3 is 10.1 Å². The summed E-state index contributed by atoms with van der Waals surface area (Å²) in [7, 11) is 2.01. The van der Waals surface area contributed by atoms with E-state index in [9.17, 15) is 0 Å². The lowest BCUT2D eigenvalue weighted by molar-refractivity contribution is 0.0924. The lowest BCUT2D eigenvalue weighted by Crippen LogP contribution is -2.36. The zero-order chi connectivity index (χ0) is 13.0. The SMILES string of the molecule is CNCC1CCCCC1Oc1ccc(Cl)cc1C. The molecule has 1 fully saturated rings. The Labute approximate surface area is 115 Å². The first kappa shape index (κ1) is 13.7. The summed E-state index contributed by atoms with van der Waals surface area (Å²) in [6.45, 7) is 3.09. The molecule has 2 rings (SSSR count). The third kappa shape index (κ3) is 3.39. The number of halogens is 1. The Morgan fingerprint density at radius 1 is 1.33 bits per heavy atom. The van der Waals surface area contributed by atoms with E-state index in [4.69, 9.17) is 16.3 Å². The van der Waals surface area contributed by atoms with E-state index in [0.717, 1.165) is 29.3 Å². The molecule has 1 aliphatic rings. The van der Waals surface area contributed by atoms with Crippen LogP contribution < -0.4 is 10.1 Å². The van der Waals surface area contributed by atoms with Crippen molar-refractivity contribution in [3.63, 3.8) is 0 Å². The average molecular weight is 268 g/mol. The van der Waals surface area contributed by atoms with Gasteiger partial charge in [-0.3, -0.25) is 0 Å². The van der Waals surface area contributed by atoms with Crippen LogP contribution in [0.25, 0.3) is 0 Å². The van der Waals surface area contributed by atoms with Gasteiger partial charge in [-0.2, -0.15) is 0 Å². The summed E-state index contributed by atoms with van der Waals surface area (Å²) in [5.41, 5.74) is 1.12. The fourth-order valence-corrected chi connectivity index (χ4v) is 2.96. The van der Waals surface area contributed by atoms with Crippen molar-refractivity contribution < 1.29 is 4.74 Å². The fourth-order valence-electron chi connectivity index (χ4n) is 2.73. The molecular formula is C15H22ClNO. The molecule has 0 aliphatic heterocycles. The minimum atomic E-state index is 0.339. The van der Waals surface area contributed by atoms with Gasteiger partial charge >= 0.3 is 0 Å². The molecule has 18 heavy (non-hydrogen) atoms. The predicted octanol–water partition coefficient (Wildman–Crippen LogP) is 3.81. The summed E-state index contributed by atoms with van der Waals surface area (Å²) in [4.78, 5) is 0. The molecular weight excluding hydrogens is 246 g/mol. The second-order valence-corrected chi connectivity index (χ2v) is 5.60. The average Bonchev–Trinajstić information content (AvgIpc) is 2.35. The zero-order valence-corrected chi connectivity index (χ0v) is 12.0. The third-order valence-corrected chi connectivity index (χ3v) is 3.96. The van der Waals surface area contributed by atoms with Crippen LogP contribution in [-0.4, -0.2) is 19.7 Å². The highest BCUT2D eigenvalue weighted by atomic mass is 35.5. The first-order valence-electron chi connectivity index (χ1n) is 6.78. The molecule has 1 N–H and O–H groups in total. The molecule has 1 saturated carbocycles. The Hall–Kier alpha value is -0.730. The van der Waals surface area contributed by atoms with Crippen LogP contribution in [0, 0.1) is 12.8 Å². The molecule has 0 saturated heterocycles. The highest BCUT2D eigenvalue weighted by Crippen LogP contribution is 2.30. The predicted molar refractivity (Wildman–Crippen MR) is 76.5 cm³/mol. The summed E-state index contributed by atoms with van der Waals surface area (Å²) < 4.78 is 6.21. The molecule has 0 heterocycles. The standard InChI is InChI=1S/C15H22ClNO/c1-11-9-13(16)7-8-14(11)18-15-6-4-3-5-12(15)10-17-2/h7-9,12,15,17H,3-6,10H2,1-2H3. The van der Waals surface area contributed by atoms with Crippen molar-refractivity contribution in [1.82, 2.24) is 5.32 Å². The van der Waals surface area contributed by atoms with Crippen molar-refractivity contribution in [3.05, 3.63) is 28.8 Å². The van der Waals surface area contributed by atoms with E-state index in [0.29, 0.717) is 12.0 Å². The van der Waals surface area contributed by atoms with Crippen molar-refractivity contribution in [1.29, 1.82) is 0 Å². The highest BCUT2D eigenvalue weighted by molar-refractivity contribution is 6.30. The molecule has 2 unspecified atom stereocenters. The molecule has 2 atom stereocenters. The molecule has 0 amide bonds. The van der Waals surface area contributed by atoms with Gasteiger partial charge in [-0.05, 0) is 57.0 Å². The zero-order valence-electron chi connectivity index (χ0n) is 11.2. The largest absolute Gasteiger partial charge is 0.490 e. The van der Waals surface area contributed by atoms with Crippen molar-refractivity contribution in [2.75, 3.05) is 13.6 Å². The molecule has 3 heteroatoms. The quantitative estimate of drug-likeness (QED) is 0.896. The van der Waals surface area contributed by atoms with Crippen LogP contribution in [0.1, 0.15) is 31.2 Å². The highest BCUT2D eigenvalue weighted by Gasteiger charge is 2.26. The number of hydrogen-bond donors (Lipinski definition) is 1. The third-order valence-electron chi connectivity index (χ3n) is 3.72. The molecule has 0 radical (unpaired) electrons. The second-order valence-electron chi connectivity index (χ2n) is 5.17. The van der Waals surface area contributed by atoms with Crippen LogP contribution in [-0.2, 0) is 0 Å². The number of hydrogen-bond acceptors (Lipinski definition) is 2. The van der Waals surface area contributed by atoms with Crippen molar-refractivity contribution in [3.8, 4) is 5.75 Å². The van der Waals surface area contributed by atoms with E-state index in [1.54, 1.807) is 0 Å². The smallest absolute Gasteiger partial charge is 0.122 e. The number of aryl methyl sites for hydroxylation is 1. The van der Waals surface area contributed by atoms with Gasteiger partial charge in [0, 0.05) is 17.5 Å². The number of nitrogens with one attached hydrogen (secondary N) is 1. The summed E-state index contributed by atoms with van der Waals surface area (Å²) in [5, 5.41) is 4.05. The Bertz CT molecular complexity index is 392. The van der Waals surface area contributed by atoms with Crippen molar-refractivity contribution >= 4 is 11.6 Å². The van der Waals surface area contributed by atoms with Crippen LogP contribution in [0.5, 0.6) is 5.75 Å². The Kier molecular flexibility index (Phi) is 4.90. The summed E-state index contributed by atoms with van der Waals surface area (Å²) in [5.74, 6) is 1.60. The molecule has 100 valence electrons. The normalized spacial score (nSPS) is 23.9. The Balaban J connectivity index is 2.06. The lowest BCUT2D eigenvalue weighted by Gasteiger charge is -2.32. The van der Waals surface area contributed by atoms with E-state index in [1.165, 1.54) is 19.3 Å². The van der Waals surface area contributed by atoms with E-state index in [2.05, 4.69) is 12.2 Å². The van der Waals surface area contributed by atoms with Gasteiger partial charge in [0.25, 0.3) is 0 Å². The van der Waals surface area contributed by atoms with E-state index >= 15 is 0 Å². The maximum atomic E-state index is 6.21. The monoisotopic (exact) mass is 267 g/mol. The van der Waals surface area contributed by atoms with E-state index < -0.39 is 0 Å². The van der Waals surface area contributed by atoms with Crippen LogP contribution in [0.4, 0.5) is 0 Å². The summed E-state index contributed by atoms with van der Waals surface area (Å²) in [6, 6.07) is 5.86. The van der Waals surface area contributed by atoms with Gasteiger partial charge in [0.2, 0.25) is 0 Å². The Morgan fingerprint density at radius 3 is 2.83 bits per heavy atom. The van der Waals surface area contributed by atoms with Crippen molar-refractivity contribution in [2.24, 2.45) is 5.92 Å². The molecule has 0 bridgehead atoms. The fraction of sp³-hybridized carbons (Fsp3) is 0.600. The van der Waals surface area contributed by atoms with Gasteiger partial charge in [-0.25, -0.2) is 0 Å². The second kappa shape index (κ2) is 6.44. The minimum absolute atomic E-state index is 0.339. The van der Waals surface area contributed by atoms with Gasteiger partial charge in [0.05, 0.1) is 0 Å². The van der Waals surface area contributed by atoms with Gasteiger partial charge in [0.15, 0.2) is 0 Å². The van der Waals surface area contributed by atoms with Gasteiger partial charge in [-0.1, -0.05) is 18.0 Å². The maximum absolute atomic E-state index is 6.21. The summed E-state index contributed by atoms with van der Waals surface area (Å²) in [6.07, 6.45) is 5.36. The molecule has 0 aromatic heterocycles. The van der Waals surface area contributed by atoms with Gasteiger partial charge in [-0.15, -0.1) is 0 Å². The topological polar surface area (TPSA) is 21.3 Å². The maximum Gasteiger partial charge on any atom is 0.122 e. The van der Waals surface area contributed by atoms with Gasteiger partial charge in [0.1, 0.15) is 11.9 Å². The Morgan fingerprint density at radius 2 is 2.11 bits per heavy atom. The molecule has 2 nitrogen and oxygen atoms in total. The molecule has 1 aromatic rings. The first-order valence-corrected chi connectivity index (χ1v) is 7.16.